The van der Waals surface area contributed by atoms with Crippen molar-refractivity contribution in [3.8, 4) is 17.6 Å². The predicted molar refractivity (Wildman–Crippen MR) is 91.2 cm³/mol. The van der Waals surface area contributed by atoms with Crippen LogP contribution < -0.4 is 14.8 Å². The van der Waals surface area contributed by atoms with Crippen LogP contribution in [0.15, 0.2) is 42.0 Å². The Morgan fingerprint density at radius 1 is 1.19 bits per heavy atom. The number of nitrogens with one attached hydrogen (secondary N) is 1. The van der Waals surface area contributed by atoms with E-state index in [1.807, 2.05) is 0 Å². The highest BCUT2D eigenvalue weighted by atomic mass is 35.5. The zero-order chi connectivity index (χ0) is 19.6. The van der Waals surface area contributed by atoms with Crippen LogP contribution in [0.2, 0.25) is 5.02 Å². The van der Waals surface area contributed by atoms with Crippen molar-refractivity contribution in [2.24, 2.45) is 0 Å². The number of nitrogens with zero attached hydrogens (tertiary/aromatic N) is 1. The van der Waals surface area contributed by atoms with Crippen LogP contribution in [0, 0.1) is 11.3 Å². The van der Waals surface area contributed by atoms with Crippen LogP contribution in [0.4, 0.5) is 18.9 Å². The van der Waals surface area contributed by atoms with Gasteiger partial charge in [0.1, 0.15) is 11.6 Å². The van der Waals surface area contributed by atoms with Crippen molar-refractivity contribution >= 4 is 29.3 Å². The van der Waals surface area contributed by atoms with E-state index in [2.05, 4.69) is 5.32 Å². The molecule has 0 spiro atoms. The molecule has 1 aliphatic heterocycles. The second kappa shape index (κ2) is 7.21. The van der Waals surface area contributed by atoms with Gasteiger partial charge in [0.25, 0.3) is 5.91 Å². The fraction of sp³-hybridized carbons (Fsp3) is 0.111. The molecule has 0 bridgehead atoms. The van der Waals surface area contributed by atoms with Crippen LogP contribution in [-0.2, 0) is 11.0 Å². The van der Waals surface area contributed by atoms with E-state index in [1.54, 1.807) is 24.3 Å². The summed E-state index contributed by atoms with van der Waals surface area (Å²) in [5.41, 5.74) is -1.05. The Morgan fingerprint density at radius 3 is 2.63 bits per heavy atom. The molecule has 3 rings (SSSR count). The van der Waals surface area contributed by atoms with Gasteiger partial charge in [0.05, 0.1) is 16.3 Å². The Kier molecular flexibility index (Phi) is 4.97. The molecule has 0 unspecified atom stereocenters. The molecule has 1 heterocycles. The Labute approximate surface area is 156 Å². The molecule has 0 saturated carbocycles. The zero-order valence-electron chi connectivity index (χ0n) is 13.4. The third-order valence-electron chi connectivity index (χ3n) is 3.61. The van der Waals surface area contributed by atoms with E-state index in [-0.39, 0.29) is 23.1 Å². The summed E-state index contributed by atoms with van der Waals surface area (Å²) in [5.74, 6) is 0.101. The van der Waals surface area contributed by atoms with Crippen molar-refractivity contribution in [1.82, 2.24) is 0 Å². The second-order valence-corrected chi connectivity index (χ2v) is 5.84. The van der Waals surface area contributed by atoms with Gasteiger partial charge in [-0.1, -0.05) is 17.7 Å². The summed E-state index contributed by atoms with van der Waals surface area (Å²) in [6, 6.07) is 9.03. The lowest BCUT2D eigenvalue weighted by molar-refractivity contribution is -0.137. The van der Waals surface area contributed by atoms with Crippen LogP contribution in [0.1, 0.15) is 11.1 Å². The minimum atomic E-state index is -4.59. The SMILES string of the molecule is N#C/C(=C\c1ccc2c(c1)OCO2)C(=O)Nc1cc(C(F)(F)F)ccc1Cl. The molecule has 1 amide bonds. The van der Waals surface area contributed by atoms with Crippen molar-refractivity contribution < 1.29 is 27.4 Å². The third kappa shape index (κ3) is 4.15. The molecular formula is C18H10ClF3N2O3. The molecule has 5 nitrogen and oxygen atoms in total. The minimum Gasteiger partial charge on any atom is -0.454 e. The van der Waals surface area contributed by atoms with Gasteiger partial charge in [-0.15, -0.1) is 0 Å². The monoisotopic (exact) mass is 394 g/mol. The molecule has 2 aromatic rings. The average molecular weight is 395 g/mol. The standard InChI is InChI=1S/C18H10ClF3N2O3/c19-13-3-2-12(18(20,21)22)7-14(13)24-17(25)11(8-23)5-10-1-4-15-16(6-10)27-9-26-15/h1-7H,9H2,(H,24,25)/b11-5+. The minimum absolute atomic E-state index is 0.0716. The number of alkyl halides is 3. The maximum absolute atomic E-state index is 12.8. The molecule has 0 radical (unpaired) electrons. The molecule has 9 heteroatoms. The molecule has 138 valence electrons. The van der Waals surface area contributed by atoms with E-state index in [1.165, 1.54) is 6.08 Å². The van der Waals surface area contributed by atoms with Gasteiger partial charge in [-0.2, -0.15) is 18.4 Å². The molecule has 0 atom stereocenters. The van der Waals surface area contributed by atoms with E-state index in [4.69, 9.17) is 21.1 Å². The molecule has 0 saturated heterocycles. The summed E-state index contributed by atoms with van der Waals surface area (Å²) in [7, 11) is 0. The lowest BCUT2D eigenvalue weighted by Gasteiger charge is -2.11. The molecule has 1 N–H and O–H groups in total. The lowest BCUT2D eigenvalue weighted by Crippen LogP contribution is -2.15. The van der Waals surface area contributed by atoms with Gasteiger partial charge < -0.3 is 14.8 Å². The van der Waals surface area contributed by atoms with Gasteiger partial charge in [0.15, 0.2) is 11.5 Å². The quantitative estimate of drug-likeness (QED) is 0.608. The summed E-state index contributed by atoms with van der Waals surface area (Å²) in [5, 5.41) is 11.4. The molecule has 0 aromatic heterocycles. The number of benzene rings is 2. The summed E-state index contributed by atoms with van der Waals surface area (Å²) < 4.78 is 48.8. The van der Waals surface area contributed by atoms with Crippen LogP contribution >= 0.6 is 11.6 Å². The van der Waals surface area contributed by atoms with Crippen molar-refractivity contribution in [3.63, 3.8) is 0 Å². The number of nitriles is 1. The first-order valence-corrected chi connectivity index (χ1v) is 7.85. The van der Waals surface area contributed by atoms with E-state index < -0.39 is 17.6 Å². The Hall–Kier alpha value is -3.18. The highest BCUT2D eigenvalue weighted by Gasteiger charge is 2.31. The number of amides is 1. The Bertz CT molecular complexity index is 981. The van der Waals surface area contributed by atoms with Crippen molar-refractivity contribution in [1.29, 1.82) is 5.26 Å². The molecule has 0 aliphatic carbocycles. The largest absolute Gasteiger partial charge is 0.454 e. The van der Waals surface area contributed by atoms with Crippen LogP contribution in [-0.4, -0.2) is 12.7 Å². The number of halogens is 4. The van der Waals surface area contributed by atoms with Gasteiger partial charge in [0, 0.05) is 0 Å². The highest BCUT2D eigenvalue weighted by Crippen LogP contribution is 2.35. The fourth-order valence-corrected chi connectivity index (χ4v) is 2.47. The molecule has 0 fully saturated rings. The number of fused-ring (bicyclic) bond motifs is 1. The average Bonchev–Trinajstić information content (AvgIpc) is 3.08. The normalized spacial score (nSPS) is 13.2. The summed E-state index contributed by atoms with van der Waals surface area (Å²) >= 11 is 5.85. The topological polar surface area (TPSA) is 71.3 Å². The molecule has 2 aromatic carbocycles. The number of anilines is 1. The molecular weight excluding hydrogens is 385 g/mol. The highest BCUT2D eigenvalue weighted by molar-refractivity contribution is 6.34. The zero-order valence-corrected chi connectivity index (χ0v) is 14.2. The van der Waals surface area contributed by atoms with Gasteiger partial charge in [0.2, 0.25) is 6.79 Å². The third-order valence-corrected chi connectivity index (χ3v) is 3.94. The van der Waals surface area contributed by atoms with E-state index in [0.29, 0.717) is 23.1 Å². The van der Waals surface area contributed by atoms with Crippen LogP contribution in [0.25, 0.3) is 6.08 Å². The number of hydrogen-bond acceptors (Lipinski definition) is 4. The second-order valence-electron chi connectivity index (χ2n) is 5.43. The van der Waals surface area contributed by atoms with Gasteiger partial charge in [-0.05, 0) is 42.0 Å². The number of hydrogen-bond donors (Lipinski definition) is 1. The first-order chi connectivity index (χ1) is 12.8. The predicted octanol–water partition coefficient (Wildman–Crippen LogP) is 4.63. The van der Waals surface area contributed by atoms with Gasteiger partial charge >= 0.3 is 6.18 Å². The van der Waals surface area contributed by atoms with E-state index in [9.17, 15) is 23.2 Å². The van der Waals surface area contributed by atoms with Crippen molar-refractivity contribution in [3.05, 3.63) is 58.1 Å². The molecule has 1 aliphatic rings. The van der Waals surface area contributed by atoms with Gasteiger partial charge in [-0.25, -0.2) is 0 Å². The van der Waals surface area contributed by atoms with Crippen molar-refractivity contribution in [2.75, 3.05) is 12.1 Å². The van der Waals surface area contributed by atoms with Crippen molar-refractivity contribution in [2.45, 2.75) is 6.18 Å². The lowest BCUT2D eigenvalue weighted by atomic mass is 10.1. The Balaban J connectivity index is 1.85. The van der Waals surface area contributed by atoms with Gasteiger partial charge in [-0.3, -0.25) is 4.79 Å². The first kappa shape index (κ1) is 18.6. The fourth-order valence-electron chi connectivity index (χ4n) is 2.31. The first-order valence-electron chi connectivity index (χ1n) is 7.47. The maximum Gasteiger partial charge on any atom is 0.416 e. The smallest absolute Gasteiger partial charge is 0.416 e. The summed E-state index contributed by atoms with van der Waals surface area (Å²) in [6.07, 6.45) is -3.32. The number of ether oxygens (including phenoxy) is 2. The Morgan fingerprint density at radius 2 is 1.93 bits per heavy atom. The van der Waals surface area contributed by atoms with Crippen LogP contribution in [0.5, 0.6) is 11.5 Å². The number of rotatable bonds is 3. The summed E-state index contributed by atoms with van der Waals surface area (Å²) in [4.78, 5) is 12.3. The van der Waals surface area contributed by atoms with Crippen LogP contribution in [0.3, 0.4) is 0 Å². The summed E-state index contributed by atoms with van der Waals surface area (Å²) in [6.45, 7) is 0.0716. The van der Waals surface area contributed by atoms with E-state index in [0.717, 1.165) is 12.1 Å². The number of carbonyl (C=O) groups is 1. The number of carbonyl (C=O) groups excluding carboxylic acids is 1. The maximum atomic E-state index is 12.8. The van der Waals surface area contributed by atoms with E-state index >= 15 is 0 Å². The molecule has 27 heavy (non-hydrogen) atoms.